The highest BCUT2D eigenvalue weighted by molar-refractivity contribution is 8.42. The van der Waals surface area contributed by atoms with E-state index < -0.39 is 6.09 Å². The molecule has 1 heterocycles. The van der Waals surface area contributed by atoms with Crippen molar-refractivity contribution in [2.24, 2.45) is 10.1 Å². The largest absolute Gasteiger partial charge is 0.433 e. The molecule has 1 saturated heterocycles. The van der Waals surface area contributed by atoms with E-state index in [0.29, 0.717) is 0 Å². The van der Waals surface area contributed by atoms with Gasteiger partial charge in [0, 0.05) is 19.3 Å². The summed E-state index contributed by atoms with van der Waals surface area (Å²) in [5.41, 5.74) is 0. The lowest BCUT2D eigenvalue weighted by molar-refractivity contribution is 0.153. The highest BCUT2D eigenvalue weighted by atomic mass is 32.2. The molecule has 0 unspecified atom stereocenters. The van der Waals surface area contributed by atoms with Gasteiger partial charge in [-0.1, -0.05) is 28.7 Å². The number of aliphatic imine (C=N–C) groups is 1. The SMILES string of the molecule is CCN=C1SC[C@](C)(/C=N\OC(=O)NC)S1. The van der Waals surface area contributed by atoms with E-state index in [2.05, 4.69) is 20.3 Å². The van der Waals surface area contributed by atoms with Crippen molar-refractivity contribution in [2.45, 2.75) is 18.6 Å². The number of hydrogen-bond acceptors (Lipinski definition) is 6. The fraction of sp³-hybridized carbons (Fsp3) is 0.667. The van der Waals surface area contributed by atoms with Crippen molar-refractivity contribution in [1.29, 1.82) is 0 Å². The maximum atomic E-state index is 10.8. The lowest BCUT2D eigenvalue weighted by Crippen LogP contribution is -2.23. The average molecular weight is 261 g/mol. The Morgan fingerprint density at radius 2 is 2.50 bits per heavy atom. The van der Waals surface area contributed by atoms with Crippen LogP contribution in [0, 0.1) is 0 Å². The number of carbonyl (C=O) groups is 1. The van der Waals surface area contributed by atoms with Crippen molar-refractivity contribution in [2.75, 3.05) is 19.3 Å². The molecule has 1 rings (SSSR count). The maximum absolute atomic E-state index is 10.8. The van der Waals surface area contributed by atoms with Crippen LogP contribution in [-0.4, -0.2) is 40.8 Å². The second-order valence-corrected chi connectivity index (χ2v) is 6.05. The van der Waals surface area contributed by atoms with Gasteiger partial charge < -0.3 is 5.32 Å². The minimum atomic E-state index is -0.557. The molecule has 0 spiro atoms. The van der Waals surface area contributed by atoms with Crippen molar-refractivity contribution in [3.05, 3.63) is 0 Å². The first-order valence-corrected chi connectivity index (χ1v) is 6.69. The summed E-state index contributed by atoms with van der Waals surface area (Å²) in [7, 11) is 1.49. The summed E-state index contributed by atoms with van der Waals surface area (Å²) < 4.78 is 0.920. The highest BCUT2D eigenvalue weighted by Crippen LogP contribution is 2.40. The summed E-state index contributed by atoms with van der Waals surface area (Å²) in [6.45, 7) is 4.84. The van der Waals surface area contributed by atoms with Gasteiger partial charge in [-0.3, -0.25) is 9.83 Å². The summed E-state index contributed by atoms with van der Waals surface area (Å²) in [4.78, 5) is 19.7. The van der Waals surface area contributed by atoms with Crippen LogP contribution >= 0.6 is 23.5 Å². The van der Waals surface area contributed by atoms with Crippen LogP contribution in [0.25, 0.3) is 0 Å². The van der Waals surface area contributed by atoms with E-state index in [-0.39, 0.29) is 4.75 Å². The van der Waals surface area contributed by atoms with Crippen molar-refractivity contribution in [3.63, 3.8) is 0 Å². The predicted octanol–water partition coefficient (Wildman–Crippen LogP) is 1.94. The molecule has 90 valence electrons. The molecule has 0 saturated carbocycles. The van der Waals surface area contributed by atoms with Crippen molar-refractivity contribution in [1.82, 2.24) is 5.32 Å². The van der Waals surface area contributed by atoms with Crippen LogP contribution in [0.1, 0.15) is 13.8 Å². The number of amides is 1. The molecular formula is C9H15N3O2S2. The van der Waals surface area contributed by atoms with Gasteiger partial charge >= 0.3 is 6.09 Å². The first kappa shape index (κ1) is 13.4. The molecule has 0 radical (unpaired) electrons. The smallest absolute Gasteiger partial charge is 0.323 e. The van der Waals surface area contributed by atoms with Crippen LogP contribution < -0.4 is 5.32 Å². The summed E-state index contributed by atoms with van der Waals surface area (Å²) in [5.74, 6) is 0.886. The molecule has 1 amide bonds. The highest BCUT2D eigenvalue weighted by Gasteiger charge is 2.33. The van der Waals surface area contributed by atoms with Gasteiger partial charge in [0.05, 0.1) is 11.0 Å². The normalized spacial score (nSPS) is 27.6. The monoisotopic (exact) mass is 261 g/mol. The second-order valence-electron chi connectivity index (χ2n) is 3.31. The molecule has 1 aliphatic rings. The standard InChI is InChI=1S/C9H15N3O2S2/c1-4-11-8-15-6-9(2,16-8)5-12-14-7(13)10-3/h5H,4,6H2,1-3H3,(H,10,13)/b11-8?,12-5-/t9-/m0/s1. The average Bonchev–Trinajstić information content (AvgIpc) is 2.61. The van der Waals surface area contributed by atoms with Crippen molar-refractivity contribution >= 4 is 40.2 Å². The summed E-state index contributed by atoms with van der Waals surface area (Å²) in [5, 5.41) is 5.99. The third kappa shape index (κ3) is 4.05. The molecule has 0 bridgehead atoms. The molecule has 0 aromatic heterocycles. The van der Waals surface area contributed by atoms with E-state index in [1.165, 1.54) is 7.05 Å². The van der Waals surface area contributed by atoms with Gasteiger partial charge in [-0.25, -0.2) is 4.79 Å². The van der Waals surface area contributed by atoms with Crippen LogP contribution in [0.3, 0.4) is 0 Å². The minimum absolute atomic E-state index is 0.146. The molecule has 0 aromatic carbocycles. The number of nitrogens with zero attached hydrogens (tertiary/aromatic N) is 2. The Balaban J connectivity index is 2.48. The number of nitrogens with one attached hydrogen (secondary N) is 1. The van der Waals surface area contributed by atoms with Crippen molar-refractivity contribution < 1.29 is 9.63 Å². The molecule has 1 aliphatic heterocycles. The molecule has 5 nitrogen and oxygen atoms in total. The first-order chi connectivity index (χ1) is 7.59. The van der Waals surface area contributed by atoms with E-state index in [4.69, 9.17) is 0 Å². The third-order valence-corrected chi connectivity index (χ3v) is 4.68. The molecule has 1 N–H and O–H groups in total. The second kappa shape index (κ2) is 6.15. The van der Waals surface area contributed by atoms with Gasteiger partial charge in [-0.05, 0) is 13.8 Å². The summed E-state index contributed by atoms with van der Waals surface area (Å²) in [6, 6.07) is 0. The zero-order chi connectivity index (χ0) is 12.0. The fourth-order valence-corrected chi connectivity index (χ4v) is 3.75. The fourth-order valence-electron chi connectivity index (χ4n) is 0.965. The minimum Gasteiger partial charge on any atom is -0.323 e. The molecule has 1 fully saturated rings. The summed E-state index contributed by atoms with van der Waals surface area (Å²) >= 11 is 3.35. The van der Waals surface area contributed by atoms with E-state index >= 15 is 0 Å². The number of thioether (sulfide) groups is 2. The quantitative estimate of drug-likeness (QED) is 0.479. The van der Waals surface area contributed by atoms with Gasteiger partial charge in [0.2, 0.25) is 0 Å². The zero-order valence-electron chi connectivity index (χ0n) is 9.52. The van der Waals surface area contributed by atoms with E-state index in [9.17, 15) is 4.79 Å². The van der Waals surface area contributed by atoms with E-state index in [1.807, 2.05) is 13.8 Å². The molecule has 0 aromatic rings. The van der Waals surface area contributed by atoms with E-state index in [0.717, 1.165) is 16.7 Å². The topological polar surface area (TPSA) is 63.1 Å². The zero-order valence-corrected chi connectivity index (χ0v) is 11.2. The van der Waals surface area contributed by atoms with Crippen LogP contribution in [0.2, 0.25) is 0 Å². The molecule has 16 heavy (non-hydrogen) atoms. The number of oxime groups is 1. The lowest BCUT2D eigenvalue weighted by atomic mass is 10.2. The van der Waals surface area contributed by atoms with Crippen LogP contribution in [0.5, 0.6) is 0 Å². The van der Waals surface area contributed by atoms with Gasteiger partial charge in [0.1, 0.15) is 4.38 Å². The Morgan fingerprint density at radius 1 is 1.75 bits per heavy atom. The predicted molar refractivity (Wildman–Crippen MR) is 70.5 cm³/mol. The van der Waals surface area contributed by atoms with Crippen LogP contribution in [0.4, 0.5) is 4.79 Å². The first-order valence-electron chi connectivity index (χ1n) is 4.89. The number of carbonyl (C=O) groups excluding carboxylic acids is 1. The Morgan fingerprint density at radius 3 is 3.12 bits per heavy atom. The van der Waals surface area contributed by atoms with Crippen LogP contribution in [-0.2, 0) is 4.84 Å². The Hall–Kier alpha value is -0.690. The van der Waals surface area contributed by atoms with Gasteiger partial charge in [-0.2, -0.15) is 0 Å². The maximum Gasteiger partial charge on any atom is 0.433 e. The Kier molecular flexibility index (Phi) is 5.14. The Bertz CT molecular complexity index is 320. The third-order valence-electron chi connectivity index (χ3n) is 1.76. The molecule has 7 heteroatoms. The molecule has 1 atom stereocenters. The molecule has 0 aliphatic carbocycles. The number of rotatable bonds is 3. The summed E-state index contributed by atoms with van der Waals surface area (Å²) in [6.07, 6.45) is 1.09. The molecular weight excluding hydrogens is 246 g/mol. The van der Waals surface area contributed by atoms with E-state index in [1.54, 1.807) is 29.7 Å². The Labute approximate surface area is 103 Å². The van der Waals surface area contributed by atoms with Gasteiger partial charge in [0.25, 0.3) is 0 Å². The van der Waals surface area contributed by atoms with Crippen LogP contribution in [0.15, 0.2) is 10.1 Å². The van der Waals surface area contributed by atoms with Crippen molar-refractivity contribution in [3.8, 4) is 0 Å². The lowest BCUT2D eigenvalue weighted by Gasteiger charge is -2.12. The van der Waals surface area contributed by atoms with Gasteiger partial charge in [0.15, 0.2) is 0 Å². The van der Waals surface area contributed by atoms with Gasteiger partial charge in [-0.15, -0.1) is 0 Å². The number of hydrogen-bond donors (Lipinski definition) is 1.